The van der Waals surface area contributed by atoms with E-state index in [1.54, 1.807) is 62.6 Å². The topological polar surface area (TPSA) is 61.8 Å². The van der Waals surface area contributed by atoms with Crippen molar-refractivity contribution in [2.45, 2.75) is 6.92 Å². The number of carbonyl (C=O) groups is 2. The molecular weight excluding hydrogens is 448 g/mol. The summed E-state index contributed by atoms with van der Waals surface area (Å²) in [6.07, 6.45) is 1.64. The summed E-state index contributed by atoms with van der Waals surface area (Å²) in [5.41, 5.74) is 2.15. The van der Waals surface area contributed by atoms with Crippen LogP contribution in [0.1, 0.15) is 31.8 Å². The fraction of sp³-hybridized carbons (Fsp3) is 0.0833. The summed E-state index contributed by atoms with van der Waals surface area (Å²) >= 11 is 3.42. The van der Waals surface area contributed by atoms with Gasteiger partial charge in [0.25, 0.3) is 0 Å². The number of esters is 1. The first-order valence-electron chi connectivity index (χ1n) is 9.16. The van der Waals surface area contributed by atoms with Crippen LogP contribution in [0.4, 0.5) is 0 Å². The zero-order chi connectivity index (χ0) is 21.3. The van der Waals surface area contributed by atoms with E-state index in [0.29, 0.717) is 39.5 Å². The second-order valence-corrected chi connectivity index (χ2v) is 7.56. The zero-order valence-electron chi connectivity index (χ0n) is 16.3. The molecule has 0 spiro atoms. The second-order valence-electron chi connectivity index (χ2n) is 6.65. The molecule has 150 valence electrons. The average Bonchev–Trinajstić information content (AvgIpc) is 3.07. The zero-order valence-corrected chi connectivity index (χ0v) is 17.9. The van der Waals surface area contributed by atoms with Gasteiger partial charge >= 0.3 is 5.97 Å². The summed E-state index contributed by atoms with van der Waals surface area (Å²) in [5, 5.41) is 0. The van der Waals surface area contributed by atoms with E-state index in [0.717, 1.165) is 4.47 Å². The van der Waals surface area contributed by atoms with Gasteiger partial charge in [-0.05, 0) is 55.5 Å². The van der Waals surface area contributed by atoms with Gasteiger partial charge in [0.05, 0.1) is 18.2 Å². The summed E-state index contributed by atoms with van der Waals surface area (Å²) in [6.45, 7) is 1.75. The Hall–Kier alpha value is -3.38. The number of hydrogen-bond acceptors (Lipinski definition) is 5. The van der Waals surface area contributed by atoms with Crippen LogP contribution in [-0.4, -0.2) is 18.9 Å². The van der Waals surface area contributed by atoms with E-state index in [4.69, 9.17) is 14.2 Å². The molecule has 0 atom stereocenters. The van der Waals surface area contributed by atoms with Crippen LogP contribution in [0.25, 0.3) is 6.08 Å². The van der Waals surface area contributed by atoms with Gasteiger partial charge in [0.1, 0.15) is 17.2 Å². The van der Waals surface area contributed by atoms with Gasteiger partial charge in [0.2, 0.25) is 5.78 Å². The van der Waals surface area contributed by atoms with Crippen molar-refractivity contribution in [2.24, 2.45) is 0 Å². The van der Waals surface area contributed by atoms with Crippen LogP contribution in [0.3, 0.4) is 0 Å². The first-order chi connectivity index (χ1) is 14.5. The number of hydrogen-bond donors (Lipinski definition) is 0. The fourth-order valence-electron chi connectivity index (χ4n) is 3.17. The van der Waals surface area contributed by atoms with E-state index >= 15 is 0 Å². The lowest BCUT2D eigenvalue weighted by Gasteiger charge is -2.10. The molecule has 0 N–H and O–H groups in total. The largest absolute Gasteiger partial charge is 0.496 e. The summed E-state index contributed by atoms with van der Waals surface area (Å²) in [7, 11) is 1.56. The molecule has 1 heterocycles. The molecule has 5 nitrogen and oxygen atoms in total. The molecular formula is C24H17BrO5. The quantitative estimate of drug-likeness (QED) is 0.285. The molecule has 0 saturated carbocycles. The lowest BCUT2D eigenvalue weighted by molar-refractivity contribution is 0.0733. The molecule has 0 bridgehead atoms. The van der Waals surface area contributed by atoms with Gasteiger partial charge in [-0.15, -0.1) is 0 Å². The Morgan fingerprint density at radius 3 is 2.50 bits per heavy atom. The number of fused-ring (bicyclic) bond motifs is 1. The van der Waals surface area contributed by atoms with E-state index in [-0.39, 0.29) is 11.5 Å². The molecule has 1 aliphatic rings. The van der Waals surface area contributed by atoms with Gasteiger partial charge in [-0.1, -0.05) is 34.1 Å². The average molecular weight is 465 g/mol. The lowest BCUT2D eigenvalue weighted by atomic mass is 10.1. The molecule has 0 saturated heterocycles. The highest BCUT2D eigenvalue weighted by Gasteiger charge is 2.31. The Bertz CT molecular complexity index is 1180. The maximum absolute atomic E-state index is 12.8. The van der Waals surface area contributed by atoms with Gasteiger partial charge in [-0.3, -0.25) is 4.79 Å². The Morgan fingerprint density at radius 2 is 1.77 bits per heavy atom. The van der Waals surface area contributed by atoms with Crippen molar-refractivity contribution in [3.8, 4) is 17.2 Å². The molecule has 30 heavy (non-hydrogen) atoms. The Kier molecular flexibility index (Phi) is 5.42. The summed E-state index contributed by atoms with van der Waals surface area (Å²) < 4.78 is 17.6. The Labute approximate surface area is 182 Å². The fourth-order valence-corrected chi connectivity index (χ4v) is 3.55. The number of ketones is 1. The highest BCUT2D eigenvalue weighted by molar-refractivity contribution is 9.10. The highest BCUT2D eigenvalue weighted by atomic mass is 79.9. The maximum atomic E-state index is 12.8. The minimum absolute atomic E-state index is 0.177. The van der Waals surface area contributed by atoms with E-state index in [1.165, 1.54) is 0 Å². The number of halogens is 1. The van der Waals surface area contributed by atoms with Crippen molar-refractivity contribution < 1.29 is 23.8 Å². The van der Waals surface area contributed by atoms with Gasteiger partial charge in [0.15, 0.2) is 5.76 Å². The Balaban J connectivity index is 1.65. The number of ether oxygens (including phenoxy) is 3. The normalized spacial score (nSPS) is 13.7. The number of methoxy groups -OCH3 is 1. The van der Waals surface area contributed by atoms with E-state index < -0.39 is 5.97 Å². The van der Waals surface area contributed by atoms with Crippen LogP contribution in [0.5, 0.6) is 17.2 Å². The number of carbonyl (C=O) groups excluding carboxylic acids is 2. The van der Waals surface area contributed by atoms with Gasteiger partial charge < -0.3 is 14.2 Å². The Morgan fingerprint density at radius 1 is 1.03 bits per heavy atom. The van der Waals surface area contributed by atoms with Crippen LogP contribution in [0.15, 0.2) is 70.9 Å². The number of rotatable bonds is 4. The van der Waals surface area contributed by atoms with Crippen LogP contribution >= 0.6 is 15.9 Å². The highest BCUT2D eigenvalue weighted by Crippen LogP contribution is 2.40. The summed E-state index contributed by atoms with van der Waals surface area (Å²) in [5.74, 6) is 0.812. The minimum atomic E-state index is -0.474. The predicted octanol–water partition coefficient (Wildman–Crippen LogP) is 5.60. The van der Waals surface area contributed by atoms with E-state index in [1.807, 2.05) is 18.2 Å². The molecule has 0 unspecified atom stereocenters. The van der Waals surface area contributed by atoms with Crippen molar-refractivity contribution in [3.05, 3.63) is 93.1 Å². The van der Waals surface area contributed by atoms with Crippen LogP contribution in [-0.2, 0) is 0 Å². The molecule has 0 amide bonds. The standard InChI is InChI=1S/C24H17BrO5/c1-14-19(30-24(27)15-6-4-3-5-7-15)11-9-18-22(26)21(29-23(14)18)13-16-12-17(25)8-10-20(16)28-2/h3-13H,1-2H3/b21-13-. The smallest absolute Gasteiger partial charge is 0.343 e. The van der Waals surface area contributed by atoms with Crippen molar-refractivity contribution >= 4 is 33.8 Å². The lowest BCUT2D eigenvalue weighted by Crippen LogP contribution is -2.09. The SMILES string of the molecule is COc1ccc(Br)cc1/C=C1\Oc2c(ccc(OC(=O)c3ccccc3)c2C)C1=O. The van der Waals surface area contributed by atoms with Gasteiger partial charge in [0, 0.05) is 15.6 Å². The molecule has 3 aromatic rings. The molecule has 0 fully saturated rings. The van der Waals surface area contributed by atoms with Crippen molar-refractivity contribution in [2.75, 3.05) is 7.11 Å². The first kappa shape index (κ1) is 19.9. The van der Waals surface area contributed by atoms with E-state index in [2.05, 4.69) is 15.9 Å². The molecule has 3 aromatic carbocycles. The molecule has 0 radical (unpaired) electrons. The third-order valence-electron chi connectivity index (χ3n) is 4.73. The second kappa shape index (κ2) is 8.16. The number of allylic oxidation sites excluding steroid dienone is 1. The van der Waals surface area contributed by atoms with E-state index in [9.17, 15) is 9.59 Å². The van der Waals surface area contributed by atoms with Crippen molar-refractivity contribution in [1.29, 1.82) is 0 Å². The third-order valence-corrected chi connectivity index (χ3v) is 5.22. The third kappa shape index (κ3) is 3.74. The summed E-state index contributed by atoms with van der Waals surface area (Å²) in [4.78, 5) is 25.2. The predicted molar refractivity (Wildman–Crippen MR) is 116 cm³/mol. The summed E-state index contributed by atoms with van der Waals surface area (Å²) in [6, 6.07) is 17.4. The number of benzene rings is 3. The van der Waals surface area contributed by atoms with Crippen LogP contribution in [0.2, 0.25) is 0 Å². The minimum Gasteiger partial charge on any atom is -0.496 e. The first-order valence-corrected chi connectivity index (χ1v) is 9.96. The van der Waals surface area contributed by atoms with Crippen molar-refractivity contribution in [3.63, 3.8) is 0 Å². The molecule has 0 aliphatic carbocycles. The maximum Gasteiger partial charge on any atom is 0.343 e. The van der Waals surface area contributed by atoms with Crippen LogP contribution in [0, 0.1) is 6.92 Å². The van der Waals surface area contributed by atoms with Gasteiger partial charge in [-0.2, -0.15) is 0 Å². The van der Waals surface area contributed by atoms with Crippen molar-refractivity contribution in [1.82, 2.24) is 0 Å². The molecule has 1 aliphatic heterocycles. The molecule has 0 aromatic heterocycles. The van der Waals surface area contributed by atoms with Gasteiger partial charge in [-0.25, -0.2) is 4.79 Å². The number of Topliss-reactive ketones (excluding diaryl/α,β-unsaturated/α-hetero) is 1. The molecule has 4 rings (SSSR count). The monoisotopic (exact) mass is 464 g/mol. The molecule has 6 heteroatoms. The van der Waals surface area contributed by atoms with Crippen LogP contribution < -0.4 is 14.2 Å².